The minimum Gasteiger partial charge on any atom is -0.481 e. The molecule has 0 radical (unpaired) electrons. The lowest BCUT2D eigenvalue weighted by Crippen LogP contribution is -2.06. The molecule has 0 bridgehead atoms. The highest BCUT2D eigenvalue weighted by Gasteiger charge is 2.19. The Balaban J connectivity index is 2.63. The number of ether oxygens (including phenoxy) is 1. The van der Waals surface area contributed by atoms with Crippen molar-refractivity contribution < 1.29 is 9.66 Å². The monoisotopic (exact) mass is 248 g/mol. The molecule has 0 aliphatic heterocycles. The van der Waals surface area contributed by atoms with Crippen LogP contribution in [0.25, 0.3) is 5.82 Å². The summed E-state index contributed by atoms with van der Waals surface area (Å²) in [5.41, 5.74) is -0.0801. The molecule has 0 atom stereocenters. The van der Waals surface area contributed by atoms with Crippen molar-refractivity contribution >= 4 is 5.69 Å². The molecule has 0 aromatic carbocycles. The van der Waals surface area contributed by atoms with E-state index in [9.17, 15) is 10.1 Å². The Morgan fingerprint density at radius 1 is 1.50 bits per heavy atom. The van der Waals surface area contributed by atoms with Gasteiger partial charge in [-0.2, -0.15) is 4.98 Å². The number of nitrogens with zero attached hydrogens (tertiary/aromatic N) is 4. The molecule has 0 spiro atoms. The fourth-order valence-corrected chi connectivity index (χ4v) is 1.65. The van der Waals surface area contributed by atoms with Crippen LogP contribution in [0.5, 0.6) is 5.88 Å². The Labute approximate surface area is 103 Å². The number of hydrogen-bond donors (Lipinski definition) is 0. The number of nitro groups is 1. The Hall–Kier alpha value is -2.44. The highest BCUT2D eigenvalue weighted by Crippen LogP contribution is 2.24. The van der Waals surface area contributed by atoms with Gasteiger partial charge in [0.05, 0.1) is 12.0 Å². The van der Waals surface area contributed by atoms with Crippen LogP contribution in [0.4, 0.5) is 5.69 Å². The van der Waals surface area contributed by atoms with Crippen molar-refractivity contribution in [2.75, 3.05) is 7.11 Å². The zero-order chi connectivity index (χ0) is 13.1. The molecular formula is C11H12N4O3. The lowest BCUT2D eigenvalue weighted by atomic mass is 10.3. The lowest BCUT2D eigenvalue weighted by Gasteiger charge is -2.07. The van der Waals surface area contributed by atoms with E-state index in [2.05, 4.69) is 9.97 Å². The normalized spacial score (nSPS) is 10.3. The number of imidazole rings is 1. The first-order valence-corrected chi connectivity index (χ1v) is 5.39. The molecule has 0 aliphatic carbocycles. The first-order chi connectivity index (χ1) is 8.67. The van der Waals surface area contributed by atoms with Crippen LogP contribution in [0.15, 0.2) is 24.5 Å². The molecule has 2 aromatic rings. The summed E-state index contributed by atoms with van der Waals surface area (Å²) in [6.07, 6.45) is 3.89. The molecule has 7 heteroatoms. The quantitative estimate of drug-likeness (QED) is 0.608. The van der Waals surface area contributed by atoms with Crippen molar-refractivity contribution in [2.45, 2.75) is 13.3 Å². The Bertz CT molecular complexity index is 579. The summed E-state index contributed by atoms with van der Waals surface area (Å²) in [5.74, 6) is 1.25. The average Bonchev–Trinajstić information content (AvgIpc) is 2.85. The SMILES string of the molecule is CCc1nccn1-c1nc(OC)ccc1[N+](=O)[O-]. The number of rotatable bonds is 4. The van der Waals surface area contributed by atoms with E-state index in [4.69, 9.17) is 4.74 Å². The minimum atomic E-state index is -0.471. The van der Waals surface area contributed by atoms with Gasteiger partial charge in [0.2, 0.25) is 11.7 Å². The highest BCUT2D eigenvalue weighted by molar-refractivity contribution is 5.49. The second kappa shape index (κ2) is 4.82. The zero-order valence-corrected chi connectivity index (χ0v) is 10.0. The summed E-state index contributed by atoms with van der Waals surface area (Å²) in [6.45, 7) is 1.92. The molecule has 0 aliphatic rings. The molecule has 0 saturated carbocycles. The van der Waals surface area contributed by atoms with E-state index in [-0.39, 0.29) is 11.5 Å². The van der Waals surface area contributed by atoms with E-state index in [1.165, 1.54) is 19.2 Å². The largest absolute Gasteiger partial charge is 0.481 e. The average molecular weight is 248 g/mol. The molecule has 2 heterocycles. The maximum absolute atomic E-state index is 11.0. The third-order valence-corrected chi connectivity index (χ3v) is 2.50. The summed E-state index contributed by atoms with van der Waals surface area (Å²) in [6, 6.07) is 2.84. The molecule has 0 amide bonds. The van der Waals surface area contributed by atoms with E-state index in [0.717, 1.165) is 0 Å². The van der Waals surface area contributed by atoms with Gasteiger partial charge >= 0.3 is 5.69 Å². The molecule has 18 heavy (non-hydrogen) atoms. The van der Waals surface area contributed by atoms with E-state index in [1.54, 1.807) is 17.0 Å². The molecule has 0 saturated heterocycles. The summed E-state index contributed by atoms with van der Waals surface area (Å²) in [7, 11) is 1.46. The van der Waals surface area contributed by atoms with Gasteiger partial charge in [0.25, 0.3) is 0 Å². The van der Waals surface area contributed by atoms with Crippen LogP contribution < -0.4 is 4.74 Å². The number of pyridine rings is 1. The summed E-state index contributed by atoms with van der Waals surface area (Å²) >= 11 is 0. The summed E-state index contributed by atoms with van der Waals surface area (Å²) < 4.78 is 6.59. The minimum absolute atomic E-state index is 0.0801. The van der Waals surface area contributed by atoms with Crippen molar-refractivity contribution in [2.24, 2.45) is 0 Å². The van der Waals surface area contributed by atoms with Crippen LogP contribution in [0.3, 0.4) is 0 Å². The molecular weight excluding hydrogens is 236 g/mol. The molecule has 7 nitrogen and oxygen atoms in total. The first kappa shape index (κ1) is 12.0. The maximum atomic E-state index is 11.0. The molecule has 0 unspecified atom stereocenters. The second-order valence-corrected chi connectivity index (χ2v) is 3.52. The highest BCUT2D eigenvalue weighted by atomic mass is 16.6. The maximum Gasteiger partial charge on any atom is 0.312 e. The standard InChI is InChI=1S/C11H12N4O3/c1-3-9-12-6-7-14(9)11-8(15(16)17)4-5-10(13-11)18-2/h4-7H,3H2,1-2H3. The van der Waals surface area contributed by atoms with Crippen LogP contribution in [0, 0.1) is 10.1 Å². The van der Waals surface area contributed by atoms with Crippen molar-refractivity contribution in [3.05, 3.63) is 40.5 Å². The van der Waals surface area contributed by atoms with Crippen molar-refractivity contribution in [3.8, 4) is 11.7 Å². The van der Waals surface area contributed by atoms with Gasteiger partial charge in [-0.05, 0) is 0 Å². The van der Waals surface area contributed by atoms with Gasteiger partial charge < -0.3 is 4.74 Å². The van der Waals surface area contributed by atoms with Gasteiger partial charge in [0.1, 0.15) is 5.82 Å². The predicted molar refractivity (Wildman–Crippen MR) is 63.9 cm³/mol. The topological polar surface area (TPSA) is 83.1 Å². The van der Waals surface area contributed by atoms with Gasteiger partial charge in [-0.3, -0.25) is 14.7 Å². The van der Waals surface area contributed by atoms with Gasteiger partial charge in [-0.15, -0.1) is 0 Å². The summed E-state index contributed by atoms with van der Waals surface area (Å²) in [4.78, 5) is 18.8. The summed E-state index contributed by atoms with van der Waals surface area (Å²) in [5, 5.41) is 11.0. The van der Waals surface area contributed by atoms with Gasteiger partial charge in [0, 0.05) is 30.9 Å². The lowest BCUT2D eigenvalue weighted by molar-refractivity contribution is -0.384. The Morgan fingerprint density at radius 2 is 2.28 bits per heavy atom. The Morgan fingerprint density at radius 3 is 2.89 bits per heavy atom. The van der Waals surface area contributed by atoms with Gasteiger partial charge in [-0.25, -0.2) is 4.98 Å². The van der Waals surface area contributed by atoms with Crippen LogP contribution >= 0.6 is 0 Å². The number of methoxy groups -OCH3 is 1. The third kappa shape index (κ3) is 2.02. The fraction of sp³-hybridized carbons (Fsp3) is 0.273. The van der Waals surface area contributed by atoms with Gasteiger partial charge in [0.15, 0.2) is 0 Å². The number of aromatic nitrogens is 3. The predicted octanol–water partition coefficient (Wildman–Crippen LogP) is 1.75. The van der Waals surface area contributed by atoms with Crippen molar-refractivity contribution in [1.82, 2.24) is 14.5 Å². The smallest absolute Gasteiger partial charge is 0.312 e. The number of hydrogen-bond acceptors (Lipinski definition) is 5. The molecule has 94 valence electrons. The van der Waals surface area contributed by atoms with Crippen LogP contribution in [0.1, 0.15) is 12.7 Å². The molecule has 2 rings (SSSR count). The van der Waals surface area contributed by atoms with Crippen LogP contribution in [0.2, 0.25) is 0 Å². The van der Waals surface area contributed by atoms with Crippen molar-refractivity contribution in [3.63, 3.8) is 0 Å². The van der Waals surface area contributed by atoms with Crippen molar-refractivity contribution in [1.29, 1.82) is 0 Å². The van der Waals surface area contributed by atoms with E-state index in [0.29, 0.717) is 18.1 Å². The first-order valence-electron chi connectivity index (χ1n) is 5.39. The van der Waals surface area contributed by atoms with E-state index in [1.807, 2.05) is 6.92 Å². The third-order valence-electron chi connectivity index (χ3n) is 2.50. The van der Waals surface area contributed by atoms with Crippen LogP contribution in [-0.2, 0) is 6.42 Å². The fourth-order valence-electron chi connectivity index (χ4n) is 1.65. The van der Waals surface area contributed by atoms with Gasteiger partial charge in [-0.1, -0.05) is 6.92 Å². The number of aryl methyl sites for hydroxylation is 1. The second-order valence-electron chi connectivity index (χ2n) is 3.52. The zero-order valence-electron chi connectivity index (χ0n) is 10.0. The van der Waals surface area contributed by atoms with E-state index < -0.39 is 4.92 Å². The molecule has 0 N–H and O–H groups in total. The van der Waals surface area contributed by atoms with Crippen LogP contribution in [-0.4, -0.2) is 26.6 Å². The van der Waals surface area contributed by atoms with E-state index >= 15 is 0 Å². The molecule has 0 fully saturated rings. The Kier molecular flexibility index (Phi) is 3.22. The molecule has 2 aromatic heterocycles.